The molecule has 1 rings (SSSR count). The normalized spacial score (nSPS) is 13.5. The van der Waals surface area contributed by atoms with Crippen LogP contribution in [-0.4, -0.2) is 17.8 Å². The Balaban J connectivity index is 2.43. The summed E-state index contributed by atoms with van der Waals surface area (Å²) >= 11 is 0. The lowest BCUT2D eigenvalue weighted by atomic mass is 9.89. The van der Waals surface area contributed by atoms with E-state index in [2.05, 4.69) is 20.8 Å². The van der Waals surface area contributed by atoms with Gasteiger partial charge in [0, 0.05) is 6.04 Å². The smallest absolute Gasteiger partial charge is 0.160 e. The van der Waals surface area contributed by atoms with Crippen LogP contribution >= 0.6 is 0 Å². The highest BCUT2D eigenvalue weighted by Crippen LogP contribution is 2.25. The average molecular weight is 223 g/mol. The fourth-order valence-electron chi connectivity index (χ4n) is 1.62. The van der Waals surface area contributed by atoms with Crippen molar-refractivity contribution in [1.82, 2.24) is 0 Å². The number of ether oxygens (including phenoxy) is 1. The van der Waals surface area contributed by atoms with Gasteiger partial charge in [0.05, 0.1) is 0 Å². The minimum atomic E-state index is -0.0143. The molecule has 1 aromatic rings. The summed E-state index contributed by atoms with van der Waals surface area (Å²) in [6, 6.07) is 6.91. The molecule has 0 amide bonds. The molecule has 1 aromatic carbocycles. The number of hydrogen-bond donors (Lipinski definition) is 2. The minimum Gasteiger partial charge on any atom is -0.504 e. The van der Waals surface area contributed by atoms with E-state index in [0.29, 0.717) is 12.4 Å². The van der Waals surface area contributed by atoms with E-state index in [0.717, 1.165) is 6.42 Å². The zero-order chi connectivity index (χ0) is 12.2. The van der Waals surface area contributed by atoms with Crippen molar-refractivity contribution in [3.05, 3.63) is 24.3 Å². The van der Waals surface area contributed by atoms with E-state index in [9.17, 15) is 5.11 Å². The number of aromatic hydroxyl groups is 1. The molecule has 0 saturated carbocycles. The summed E-state index contributed by atoms with van der Waals surface area (Å²) in [4.78, 5) is 0. The van der Waals surface area contributed by atoms with Crippen LogP contribution in [0.5, 0.6) is 11.5 Å². The van der Waals surface area contributed by atoms with E-state index in [1.165, 1.54) is 0 Å². The van der Waals surface area contributed by atoms with Crippen molar-refractivity contribution in [3.8, 4) is 11.5 Å². The van der Waals surface area contributed by atoms with Gasteiger partial charge in [-0.15, -0.1) is 0 Å². The van der Waals surface area contributed by atoms with E-state index in [-0.39, 0.29) is 17.2 Å². The van der Waals surface area contributed by atoms with E-state index >= 15 is 0 Å². The van der Waals surface area contributed by atoms with Crippen molar-refractivity contribution in [2.75, 3.05) is 6.61 Å². The zero-order valence-corrected chi connectivity index (χ0v) is 10.2. The first kappa shape index (κ1) is 12.8. The second-order valence-corrected chi connectivity index (χ2v) is 5.30. The molecular weight excluding hydrogens is 202 g/mol. The molecule has 1 unspecified atom stereocenters. The third kappa shape index (κ3) is 4.53. The van der Waals surface area contributed by atoms with Crippen molar-refractivity contribution < 1.29 is 9.84 Å². The lowest BCUT2D eigenvalue weighted by molar-refractivity contribution is 0.234. The molecule has 3 heteroatoms. The number of nitrogens with two attached hydrogens (primary N) is 1. The van der Waals surface area contributed by atoms with Crippen LogP contribution in [0, 0.1) is 5.41 Å². The van der Waals surface area contributed by atoms with Gasteiger partial charge in [0.15, 0.2) is 11.5 Å². The Hall–Kier alpha value is -1.22. The maximum Gasteiger partial charge on any atom is 0.160 e. The molecule has 0 heterocycles. The molecule has 0 aromatic heterocycles. The van der Waals surface area contributed by atoms with Gasteiger partial charge in [0.1, 0.15) is 6.61 Å². The maximum atomic E-state index is 9.49. The van der Waals surface area contributed by atoms with Gasteiger partial charge in [-0.2, -0.15) is 0 Å². The molecule has 0 saturated heterocycles. The van der Waals surface area contributed by atoms with Crippen LogP contribution in [0.2, 0.25) is 0 Å². The van der Waals surface area contributed by atoms with Gasteiger partial charge >= 0.3 is 0 Å². The highest BCUT2D eigenvalue weighted by Gasteiger charge is 2.16. The van der Waals surface area contributed by atoms with E-state index in [1.54, 1.807) is 18.2 Å². The molecule has 3 nitrogen and oxygen atoms in total. The summed E-state index contributed by atoms with van der Waals surface area (Å²) in [5.74, 6) is 0.650. The molecule has 0 aliphatic carbocycles. The Morgan fingerprint density at radius 1 is 1.31 bits per heavy atom. The molecule has 3 N–H and O–H groups in total. The molecule has 1 atom stereocenters. The Labute approximate surface area is 97.2 Å². The lowest BCUT2D eigenvalue weighted by Gasteiger charge is -2.23. The number of hydrogen-bond acceptors (Lipinski definition) is 3. The molecule has 0 bridgehead atoms. The first-order chi connectivity index (χ1) is 7.38. The SMILES string of the molecule is CC(C)(C)CC(N)COc1ccccc1O. The van der Waals surface area contributed by atoms with Gasteiger partial charge in [0.25, 0.3) is 0 Å². The van der Waals surface area contributed by atoms with Crippen LogP contribution in [0.15, 0.2) is 24.3 Å². The van der Waals surface area contributed by atoms with Crippen molar-refractivity contribution in [3.63, 3.8) is 0 Å². The average Bonchev–Trinajstić information content (AvgIpc) is 2.14. The zero-order valence-electron chi connectivity index (χ0n) is 10.2. The fraction of sp³-hybridized carbons (Fsp3) is 0.538. The van der Waals surface area contributed by atoms with Crippen LogP contribution in [-0.2, 0) is 0 Å². The highest BCUT2D eigenvalue weighted by molar-refractivity contribution is 5.37. The van der Waals surface area contributed by atoms with Gasteiger partial charge in [-0.05, 0) is 24.0 Å². The summed E-state index contributed by atoms with van der Waals surface area (Å²) in [5.41, 5.74) is 6.15. The fourth-order valence-corrected chi connectivity index (χ4v) is 1.62. The summed E-state index contributed by atoms with van der Waals surface area (Å²) in [5, 5.41) is 9.49. The predicted molar refractivity (Wildman–Crippen MR) is 65.6 cm³/mol. The summed E-state index contributed by atoms with van der Waals surface area (Å²) < 4.78 is 5.47. The highest BCUT2D eigenvalue weighted by atomic mass is 16.5. The largest absolute Gasteiger partial charge is 0.504 e. The summed E-state index contributed by atoms with van der Waals surface area (Å²) in [7, 11) is 0. The molecule has 0 aliphatic rings. The second-order valence-electron chi connectivity index (χ2n) is 5.30. The summed E-state index contributed by atoms with van der Waals surface area (Å²) in [6.07, 6.45) is 0.889. The number of phenolic OH excluding ortho intramolecular Hbond substituents is 1. The van der Waals surface area contributed by atoms with Gasteiger partial charge in [-0.1, -0.05) is 32.9 Å². The van der Waals surface area contributed by atoms with Crippen LogP contribution < -0.4 is 10.5 Å². The van der Waals surface area contributed by atoms with Crippen molar-refractivity contribution in [2.45, 2.75) is 33.2 Å². The first-order valence-electron chi connectivity index (χ1n) is 5.55. The number of benzene rings is 1. The van der Waals surface area contributed by atoms with Crippen LogP contribution in [0.4, 0.5) is 0 Å². The Bertz CT molecular complexity index is 331. The Kier molecular flexibility index (Phi) is 4.19. The topological polar surface area (TPSA) is 55.5 Å². The molecule has 0 spiro atoms. The second kappa shape index (κ2) is 5.21. The number of rotatable bonds is 4. The third-order valence-corrected chi connectivity index (χ3v) is 2.19. The molecule has 16 heavy (non-hydrogen) atoms. The Morgan fingerprint density at radius 2 is 1.94 bits per heavy atom. The van der Waals surface area contributed by atoms with Gasteiger partial charge < -0.3 is 15.6 Å². The molecule has 90 valence electrons. The standard InChI is InChI=1S/C13H21NO2/c1-13(2,3)8-10(14)9-16-12-7-5-4-6-11(12)15/h4-7,10,15H,8-9,14H2,1-3H3. The van der Waals surface area contributed by atoms with Gasteiger partial charge in [-0.3, -0.25) is 0 Å². The maximum absolute atomic E-state index is 9.49. The van der Waals surface area contributed by atoms with Gasteiger partial charge in [0.2, 0.25) is 0 Å². The quantitative estimate of drug-likeness (QED) is 0.824. The minimum absolute atomic E-state index is 0.0143. The van der Waals surface area contributed by atoms with E-state index in [4.69, 9.17) is 10.5 Å². The third-order valence-electron chi connectivity index (χ3n) is 2.19. The van der Waals surface area contributed by atoms with Crippen LogP contribution in [0.1, 0.15) is 27.2 Å². The van der Waals surface area contributed by atoms with E-state index < -0.39 is 0 Å². The first-order valence-corrected chi connectivity index (χ1v) is 5.55. The van der Waals surface area contributed by atoms with Gasteiger partial charge in [-0.25, -0.2) is 0 Å². The van der Waals surface area contributed by atoms with Crippen LogP contribution in [0.3, 0.4) is 0 Å². The van der Waals surface area contributed by atoms with Crippen molar-refractivity contribution >= 4 is 0 Å². The molecule has 0 fully saturated rings. The monoisotopic (exact) mass is 223 g/mol. The lowest BCUT2D eigenvalue weighted by Crippen LogP contribution is -2.32. The summed E-state index contributed by atoms with van der Waals surface area (Å²) in [6.45, 7) is 6.86. The number of para-hydroxylation sites is 2. The molecule has 0 aliphatic heterocycles. The van der Waals surface area contributed by atoms with E-state index in [1.807, 2.05) is 6.07 Å². The molecular formula is C13H21NO2. The Morgan fingerprint density at radius 3 is 2.50 bits per heavy atom. The van der Waals surface area contributed by atoms with Crippen molar-refractivity contribution in [2.24, 2.45) is 11.1 Å². The van der Waals surface area contributed by atoms with Crippen LogP contribution in [0.25, 0.3) is 0 Å². The molecule has 0 radical (unpaired) electrons. The predicted octanol–water partition coefficient (Wildman–Crippen LogP) is 2.53. The number of phenols is 1. The van der Waals surface area contributed by atoms with Crippen molar-refractivity contribution in [1.29, 1.82) is 0 Å².